The predicted molar refractivity (Wildman–Crippen MR) is 68.8 cm³/mol. The molecule has 1 unspecified atom stereocenters. The van der Waals surface area contributed by atoms with Crippen molar-refractivity contribution < 1.29 is 9.90 Å². The highest BCUT2D eigenvalue weighted by Gasteiger charge is 2.10. The normalized spacial score (nSPS) is 12.1. The molecule has 3 nitrogen and oxygen atoms in total. The molecule has 0 aliphatic carbocycles. The summed E-state index contributed by atoms with van der Waals surface area (Å²) in [6, 6.07) is 10.1. The van der Waals surface area contributed by atoms with Crippen molar-refractivity contribution >= 4 is 5.91 Å². The molecule has 0 aromatic heterocycles. The minimum atomic E-state index is 0.0841. The van der Waals surface area contributed by atoms with Gasteiger partial charge in [-0.1, -0.05) is 37.3 Å². The summed E-state index contributed by atoms with van der Waals surface area (Å²) in [7, 11) is 0. The lowest BCUT2D eigenvalue weighted by atomic mass is 9.93. The van der Waals surface area contributed by atoms with Crippen molar-refractivity contribution in [3.63, 3.8) is 0 Å². The summed E-state index contributed by atoms with van der Waals surface area (Å²) in [4.78, 5) is 11.1. The third-order valence-electron chi connectivity index (χ3n) is 2.88. The van der Waals surface area contributed by atoms with E-state index in [1.54, 1.807) is 0 Å². The Morgan fingerprint density at radius 3 is 2.59 bits per heavy atom. The van der Waals surface area contributed by atoms with Crippen LogP contribution in [0.4, 0.5) is 0 Å². The average molecular weight is 235 g/mol. The molecule has 1 atom stereocenters. The first-order valence-electron chi connectivity index (χ1n) is 6.20. The Kier molecular flexibility index (Phi) is 6.33. The number of hydrogen-bond acceptors (Lipinski definition) is 2. The van der Waals surface area contributed by atoms with Gasteiger partial charge in [0.05, 0.1) is 0 Å². The molecule has 0 spiro atoms. The van der Waals surface area contributed by atoms with Gasteiger partial charge < -0.3 is 10.4 Å². The second-order valence-corrected chi connectivity index (χ2v) is 4.11. The van der Waals surface area contributed by atoms with Crippen LogP contribution in [-0.4, -0.2) is 24.2 Å². The van der Waals surface area contributed by atoms with Crippen LogP contribution in [0.5, 0.6) is 0 Å². The Morgan fingerprint density at radius 2 is 2.00 bits per heavy atom. The Labute approximate surface area is 103 Å². The van der Waals surface area contributed by atoms with Gasteiger partial charge in [-0.05, 0) is 24.3 Å². The average Bonchev–Trinajstić information content (AvgIpc) is 2.38. The number of aliphatic hydroxyl groups is 1. The molecule has 0 aliphatic rings. The molecule has 1 amide bonds. The van der Waals surface area contributed by atoms with Crippen molar-refractivity contribution in [1.29, 1.82) is 0 Å². The van der Waals surface area contributed by atoms with Gasteiger partial charge in [0.1, 0.15) is 0 Å². The quantitative estimate of drug-likeness (QED) is 0.760. The second kappa shape index (κ2) is 7.85. The first-order chi connectivity index (χ1) is 8.27. The first kappa shape index (κ1) is 13.7. The molecule has 17 heavy (non-hydrogen) atoms. The fourth-order valence-corrected chi connectivity index (χ4v) is 1.87. The molecule has 0 fully saturated rings. The van der Waals surface area contributed by atoms with Crippen LogP contribution >= 0.6 is 0 Å². The number of hydrogen-bond donors (Lipinski definition) is 2. The zero-order valence-corrected chi connectivity index (χ0v) is 10.4. The molecule has 1 aromatic rings. The van der Waals surface area contributed by atoms with Crippen molar-refractivity contribution in [2.24, 2.45) is 0 Å². The molecular formula is C14H21NO2. The van der Waals surface area contributed by atoms with Gasteiger partial charge >= 0.3 is 0 Å². The molecular weight excluding hydrogens is 214 g/mol. The fourth-order valence-electron chi connectivity index (χ4n) is 1.87. The number of benzene rings is 1. The summed E-state index contributed by atoms with van der Waals surface area (Å²) in [5.41, 5.74) is 1.23. The maximum absolute atomic E-state index is 11.1. The molecule has 94 valence electrons. The molecule has 3 heteroatoms. The second-order valence-electron chi connectivity index (χ2n) is 4.11. The summed E-state index contributed by atoms with van der Waals surface area (Å²) in [5, 5.41) is 11.9. The van der Waals surface area contributed by atoms with Gasteiger partial charge in [0.2, 0.25) is 5.91 Å². The minimum absolute atomic E-state index is 0.0841. The van der Waals surface area contributed by atoms with E-state index in [2.05, 4.69) is 17.4 Å². The lowest BCUT2D eigenvalue weighted by Crippen LogP contribution is -2.24. The molecule has 0 bridgehead atoms. The van der Waals surface area contributed by atoms with Gasteiger partial charge in [-0.3, -0.25) is 4.79 Å². The standard InChI is InChI=1S/C14H21NO2/c1-2-14(17)15-10-8-13(9-11-16)12-6-4-3-5-7-12/h3-7,13,16H,2,8-11H2,1H3,(H,15,17). The highest BCUT2D eigenvalue weighted by atomic mass is 16.3. The summed E-state index contributed by atoms with van der Waals surface area (Å²) in [6.45, 7) is 2.70. The molecule has 0 saturated heterocycles. The Bertz CT molecular complexity index is 324. The van der Waals surface area contributed by atoms with Crippen LogP contribution in [0.15, 0.2) is 30.3 Å². The van der Waals surface area contributed by atoms with Crippen LogP contribution in [-0.2, 0) is 4.79 Å². The third-order valence-corrected chi connectivity index (χ3v) is 2.88. The molecule has 1 rings (SSSR count). The highest BCUT2D eigenvalue weighted by Crippen LogP contribution is 2.22. The first-order valence-corrected chi connectivity index (χ1v) is 6.20. The van der Waals surface area contributed by atoms with E-state index in [0.717, 1.165) is 12.8 Å². The van der Waals surface area contributed by atoms with Crippen molar-refractivity contribution in [2.45, 2.75) is 32.1 Å². The number of carbonyl (C=O) groups is 1. The predicted octanol–water partition coefficient (Wildman–Crippen LogP) is 2.07. The number of carbonyl (C=O) groups excluding carboxylic acids is 1. The van der Waals surface area contributed by atoms with Crippen molar-refractivity contribution in [1.82, 2.24) is 5.32 Å². The molecule has 1 aromatic carbocycles. The third kappa shape index (κ3) is 5.00. The van der Waals surface area contributed by atoms with Crippen LogP contribution in [0.3, 0.4) is 0 Å². The number of nitrogens with one attached hydrogen (secondary N) is 1. The van der Waals surface area contributed by atoms with Gasteiger partial charge in [-0.2, -0.15) is 0 Å². The zero-order valence-electron chi connectivity index (χ0n) is 10.4. The zero-order chi connectivity index (χ0) is 12.5. The molecule has 0 aliphatic heterocycles. The van der Waals surface area contributed by atoms with E-state index in [1.165, 1.54) is 5.56 Å². The van der Waals surface area contributed by atoms with Crippen LogP contribution < -0.4 is 5.32 Å². The van der Waals surface area contributed by atoms with Crippen molar-refractivity contribution in [2.75, 3.05) is 13.2 Å². The van der Waals surface area contributed by atoms with Gasteiger partial charge in [0.15, 0.2) is 0 Å². The van der Waals surface area contributed by atoms with Gasteiger partial charge in [0, 0.05) is 19.6 Å². The van der Waals surface area contributed by atoms with Gasteiger partial charge in [-0.15, -0.1) is 0 Å². The SMILES string of the molecule is CCC(=O)NCCC(CCO)c1ccccc1. The van der Waals surface area contributed by atoms with E-state index in [-0.39, 0.29) is 12.5 Å². The van der Waals surface area contributed by atoms with Crippen molar-refractivity contribution in [3.05, 3.63) is 35.9 Å². The molecule has 0 radical (unpaired) electrons. The fraction of sp³-hybridized carbons (Fsp3) is 0.500. The Hall–Kier alpha value is -1.35. The maximum atomic E-state index is 11.1. The van der Waals surface area contributed by atoms with E-state index >= 15 is 0 Å². The summed E-state index contributed by atoms with van der Waals surface area (Å²) in [6.07, 6.45) is 2.14. The number of rotatable bonds is 7. The van der Waals surface area contributed by atoms with Crippen LogP contribution in [0.1, 0.15) is 37.7 Å². The topological polar surface area (TPSA) is 49.3 Å². The van der Waals surface area contributed by atoms with Crippen LogP contribution in [0.2, 0.25) is 0 Å². The van der Waals surface area contributed by atoms with E-state index in [9.17, 15) is 4.79 Å². The number of aliphatic hydroxyl groups excluding tert-OH is 1. The van der Waals surface area contributed by atoms with E-state index < -0.39 is 0 Å². The largest absolute Gasteiger partial charge is 0.396 e. The summed E-state index contributed by atoms with van der Waals surface area (Å²) >= 11 is 0. The maximum Gasteiger partial charge on any atom is 0.219 e. The Morgan fingerprint density at radius 1 is 1.29 bits per heavy atom. The summed E-state index contributed by atoms with van der Waals surface area (Å²) < 4.78 is 0. The molecule has 0 saturated carbocycles. The lowest BCUT2D eigenvalue weighted by Gasteiger charge is -2.16. The number of amides is 1. The Balaban J connectivity index is 2.47. The van der Waals surface area contributed by atoms with E-state index in [1.807, 2.05) is 25.1 Å². The lowest BCUT2D eigenvalue weighted by molar-refractivity contribution is -0.120. The summed E-state index contributed by atoms with van der Waals surface area (Å²) in [5.74, 6) is 0.402. The minimum Gasteiger partial charge on any atom is -0.396 e. The monoisotopic (exact) mass is 235 g/mol. The van der Waals surface area contributed by atoms with Gasteiger partial charge in [-0.25, -0.2) is 0 Å². The molecule has 2 N–H and O–H groups in total. The smallest absolute Gasteiger partial charge is 0.219 e. The van der Waals surface area contributed by atoms with E-state index in [0.29, 0.717) is 18.9 Å². The van der Waals surface area contributed by atoms with Crippen LogP contribution in [0.25, 0.3) is 0 Å². The van der Waals surface area contributed by atoms with Crippen molar-refractivity contribution in [3.8, 4) is 0 Å². The molecule has 0 heterocycles. The van der Waals surface area contributed by atoms with E-state index in [4.69, 9.17) is 5.11 Å². The van der Waals surface area contributed by atoms with Gasteiger partial charge in [0.25, 0.3) is 0 Å². The van der Waals surface area contributed by atoms with Crippen LogP contribution in [0, 0.1) is 0 Å². The highest BCUT2D eigenvalue weighted by molar-refractivity contribution is 5.75.